The topological polar surface area (TPSA) is 43.4 Å². The molecule has 1 unspecified atom stereocenters. The predicted octanol–water partition coefficient (Wildman–Crippen LogP) is 2.97. The van der Waals surface area contributed by atoms with E-state index in [-0.39, 0.29) is 17.7 Å². The SMILES string of the molecule is CCC1CCC(C(=O)C(CC)C(=O)OC)CC1. The van der Waals surface area contributed by atoms with Gasteiger partial charge in [0.15, 0.2) is 0 Å². The number of Topliss-reactive ketones (excluding diaryl/α,β-unsaturated/α-hetero) is 1. The van der Waals surface area contributed by atoms with Crippen molar-refractivity contribution in [2.24, 2.45) is 17.8 Å². The lowest BCUT2D eigenvalue weighted by Gasteiger charge is -2.28. The molecule has 0 aliphatic heterocycles. The van der Waals surface area contributed by atoms with Crippen LogP contribution in [0.1, 0.15) is 52.4 Å². The van der Waals surface area contributed by atoms with Gasteiger partial charge in [-0.1, -0.05) is 20.3 Å². The molecule has 0 saturated heterocycles. The zero-order valence-corrected chi connectivity index (χ0v) is 11.2. The summed E-state index contributed by atoms with van der Waals surface area (Å²) in [4.78, 5) is 23.7. The Labute approximate surface area is 104 Å². The van der Waals surface area contributed by atoms with E-state index in [2.05, 4.69) is 6.92 Å². The summed E-state index contributed by atoms with van der Waals surface area (Å²) in [5.74, 6) is 0.0614. The summed E-state index contributed by atoms with van der Waals surface area (Å²) >= 11 is 0. The van der Waals surface area contributed by atoms with Crippen LogP contribution in [0, 0.1) is 17.8 Å². The van der Waals surface area contributed by atoms with Gasteiger partial charge in [0.05, 0.1) is 7.11 Å². The Morgan fingerprint density at radius 3 is 2.18 bits per heavy atom. The van der Waals surface area contributed by atoms with Crippen molar-refractivity contribution in [1.82, 2.24) is 0 Å². The zero-order valence-electron chi connectivity index (χ0n) is 11.2. The fourth-order valence-corrected chi connectivity index (χ4v) is 2.77. The molecule has 1 saturated carbocycles. The van der Waals surface area contributed by atoms with Crippen molar-refractivity contribution >= 4 is 11.8 Å². The first-order chi connectivity index (χ1) is 8.13. The number of hydrogen-bond acceptors (Lipinski definition) is 3. The third-order valence-electron chi connectivity index (χ3n) is 4.06. The number of ketones is 1. The van der Waals surface area contributed by atoms with Crippen LogP contribution in [0.3, 0.4) is 0 Å². The summed E-state index contributed by atoms with van der Waals surface area (Å²) in [6, 6.07) is 0. The molecule has 0 bridgehead atoms. The Morgan fingerprint density at radius 1 is 1.18 bits per heavy atom. The van der Waals surface area contributed by atoms with Crippen molar-refractivity contribution in [2.75, 3.05) is 7.11 Å². The molecule has 98 valence electrons. The molecular weight excluding hydrogens is 216 g/mol. The smallest absolute Gasteiger partial charge is 0.316 e. The molecule has 3 nitrogen and oxygen atoms in total. The fraction of sp³-hybridized carbons (Fsp3) is 0.857. The number of methoxy groups -OCH3 is 1. The Morgan fingerprint density at radius 2 is 1.76 bits per heavy atom. The van der Waals surface area contributed by atoms with Crippen LogP contribution in [0.15, 0.2) is 0 Å². The minimum atomic E-state index is -0.539. The van der Waals surface area contributed by atoms with E-state index >= 15 is 0 Å². The highest BCUT2D eigenvalue weighted by molar-refractivity contribution is 6.00. The largest absolute Gasteiger partial charge is 0.468 e. The molecule has 0 aromatic rings. The Bertz CT molecular complexity index is 265. The summed E-state index contributed by atoms with van der Waals surface area (Å²) in [5, 5.41) is 0. The highest BCUT2D eigenvalue weighted by Crippen LogP contribution is 2.33. The number of carbonyl (C=O) groups excluding carboxylic acids is 2. The Hall–Kier alpha value is -0.860. The van der Waals surface area contributed by atoms with E-state index in [1.54, 1.807) is 0 Å². The molecule has 17 heavy (non-hydrogen) atoms. The van der Waals surface area contributed by atoms with Gasteiger partial charge >= 0.3 is 5.97 Å². The number of hydrogen-bond donors (Lipinski definition) is 0. The van der Waals surface area contributed by atoms with E-state index in [1.165, 1.54) is 13.5 Å². The number of rotatable bonds is 5. The summed E-state index contributed by atoms with van der Waals surface area (Å²) in [5.41, 5.74) is 0. The first-order valence-electron chi connectivity index (χ1n) is 6.75. The van der Waals surface area contributed by atoms with Crippen LogP contribution < -0.4 is 0 Å². The quantitative estimate of drug-likeness (QED) is 0.548. The summed E-state index contributed by atoms with van der Waals surface area (Å²) in [7, 11) is 1.35. The van der Waals surface area contributed by atoms with Crippen molar-refractivity contribution in [2.45, 2.75) is 52.4 Å². The average molecular weight is 240 g/mol. The first kappa shape index (κ1) is 14.2. The van der Waals surface area contributed by atoms with Crippen LogP contribution in [-0.2, 0) is 14.3 Å². The lowest BCUT2D eigenvalue weighted by molar-refractivity contribution is -0.151. The Balaban J connectivity index is 2.55. The van der Waals surface area contributed by atoms with Gasteiger partial charge < -0.3 is 4.74 Å². The molecule has 1 aliphatic rings. The first-order valence-corrected chi connectivity index (χ1v) is 6.75. The summed E-state index contributed by atoms with van der Waals surface area (Å²) < 4.78 is 4.70. The second kappa shape index (κ2) is 6.77. The van der Waals surface area contributed by atoms with Crippen LogP contribution in [0.4, 0.5) is 0 Å². The molecule has 1 aliphatic carbocycles. The van der Waals surface area contributed by atoms with Gasteiger partial charge in [-0.05, 0) is 38.0 Å². The number of esters is 1. The van der Waals surface area contributed by atoms with E-state index in [0.29, 0.717) is 6.42 Å². The fourth-order valence-electron chi connectivity index (χ4n) is 2.77. The van der Waals surface area contributed by atoms with Gasteiger partial charge in [-0.15, -0.1) is 0 Å². The van der Waals surface area contributed by atoms with Gasteiger partial charge in [0.2, 0.25) is 0 Å². The van der Waals surface area contributed by atoms with Gasteiger partial charge in [-0.2, -0.15) is 0 Å². The van der Waals surface area contributed by atoms with E-state index in [1.807, 2.05) is 6.92 Å². The van der Waals surface area contributed by atoms with Gasteiger partial charge in [0, 0.05) is 5.92 Å². The van der Waals surface area contributed by atoms with Crippen LogP contribution in [0.25, 0.3) is 0 Å². The third kappa shape index (κ3) is 3.55. The number of carbonyl (C=O) groups is 2. The van der Waals surface area contributed by atoms with Crippen molar-refractivity contribution in [3.05, 3.63) is 0 Å². The second-order valence-corrected chi connectivity index (χ2v) is 5.01. The summed E-state index contributed by atoms with van der Waals surface area (Å²) in [6.07, 6.45) is 5.92. The van der Waals surface area contributed by atoms with Crippen molar-refractivity contribution in [1.29, 1.82) is 0 Å². The van der Waals surface area contributed by atoms with Crippen LogP contribution in [0.5, 0.6) is 0 Å². The van der Waals surface area contributed by atoms with Crippen LogP contribution >= 0.6 is 0 Å². The second-order valence-electron chi connectivity index (χ2n) is 5.01. The third-order valence-corrected chi connectivity index (χ3v) is 4.06. The van der Waals surface area contributed by atoms with Gasteiger partial charge in [-0.3, -0.25) is 9.59 Å². The van der Waals surface area contributed by atoms with Crippen LogP contribution in [-0.4, -0.2) is 18.9 Å². The molecular formula is C14H24O3. The van der Waals surface area contributed by atoms with E-state index in [0.717, 1.165) is 31.6 Å². The maximum absolute atomic E-state index is 12.2. The molecule has 3 heteroatoms. The standard InChI is InChI=1S/C14H24O3/c1-4-10-6-8-11(9-7-10)13(15)12(5-2)14(16)17-3/h10-12H,4-9H2,1-3H3. The lowest BCUT2D eigenvalue weighted by atomic mass is 9.76. The van der Waals surface area contributed by atoms with E-state index in [4.69, 9.17) is 4.74 Å². The van der Waals surface area contributed by atoms with Crippen molar-refractivity contribution in [3.63, 3.8) is 0 Å². The monoisotopic (exact) mass is 240 g/mol. The van der Waals surface area contributed by atoms with Gasteiger partial charge in [0.1, 0.15) is 11.7 Å². The van der Waals surface area contributed by atoms with Gasteiger partial charge in [-0.25, -0.2) is 0 Å². The minimum Gasteiger partial charge on any atom is -0.468 e. The normalized spacial score (nSPS) is 26.3. The van der Waals surface area contributed by atoms with Gasteiger partial charge in [0.25, 0.3) is 0 Å². The minimum absolute atomic E-state index is 0.0850. The van der Waals surface area contributed by atoms with E-state index in [9.17, 15) is 9.59 Å². The molecule has 0 N–H and O–H groups in total. The molecule has 1 fully saturated rings. The molecule has 1 rings (SSSR count). The highest BCUT2D eigenvalue weighted by atomic mass is 16.5. The maximum Gasteiger partial charge on any atom is 0.316 e. The molecule has 0 heterocycles. The zero-order chi connectivity index (χ0) is 12.8. The molecule has 0 aromatic carbocycles. The van der Waals surface area contributed by atoms with Crippen molar-refractivity contribution < 1.29 is 14.3 Å². The average Bonchev–Trinajstić information content (AvgIpc) is 2.39. The molecule has 0 radical (unpaired) electrons. The molecule has 0 amide bonds. The molecule has 1 atom stereocenters. The van der Waals surface area contributed by atoms with Crippen LogP contribution in [0.2, 0.25) is 0 Å². The van der Waals surface area contributed by atoms with E-state index < -0.39 is 5.92 Å². The maximum atomic E-state index is 12.2. The molecule has 0 aromatic heterocycles. The summed E-state index contributed by atoms with van der Waals surface area (Å²) in [6.45, 7) is 4.08. The predicted molar refractivity (Wildman–Crippen MR) is 66.5 cm³/mol. The lowest BCUT2D eigenvalue weighted by Crippen LogP contribution is -2.32. The number of ether oxygens (including phenoxy) is 1. The highest BCUT2D eigenvalue weighted by Gasteiger charge is 2.33. The Kier molecular flexibility index (Phi) is 5.66. The molecule has 0 spiro atoms. The van der Waals surface area contributed by atoms with Crippen molar-refractivity contribution in [3.8, 4) is 0 Å².